The summed E-state index contributed by atoms with van der Waals surface area (Å²) in [5.74, 6) is 0.329. The highest BCUT2D eigenvalue weighted by Gasteiger charge is 2.37. The zero-order valence-corrected chi connectivity index (χ0v) is 23.7. The van der Waals surface area contributed by atoms with Crippen LogP contribution in [0.5, 0.6) is 5.75 Å². The monoisotopic (exact) mass is 550 g/mol. The van der Waals surface area contributed by atoms with E-state index in [2.05, 4.69) is 13.8 Å². The molecule has 1 aromatic heterocycles. The number of hydrogen-bond donors (Lipinski definition) is 0. The molecule has 0 spiro atoms. The molecule has 0 aliphatic carbocycles. The Morgan fingerprint density at radius 3 is 2.54 bits per heavy atom. The quantitative estimate of drug-likeness (QED) is 0.249. The normalized spacial score (nSPS) is 18.5. The molecule has 8 heteroatoms. The molecule has 2 amide bonds. The molecular formula is C33H34N4O4. The molecule has 8 nitrogen and oxygen atoms in total. The van der Waals surface area contributed by atoms with Gasteiger partial charge < -0.3 is 9.47 Å². The molecule has 0 N–H and O–H groups in total. The number of rotatable bonds is 9. The Morgan fingerprint density at radius 1 is 1.12 bits per heavy atom. The number of aromatic nitrogens is 2. The smallest absolute Gasteiger partial charge is 0.271 e. The van der Waals surface area contributed by atoms with Gasteiger partial charge in [0.1, 0.15) is 17.4 Å². The van der Waals surface area contributed by atoms with E-state index in [4.69, 9.17) is 14.6 Å². The first-order valence-electron chi connectivity index (χ1n) is 14.0. The van der Waals surface area contributed by atoms with E-state index >= 15 is 0 Å². The third-order valence-corrected chi connectivity index (χ3v) is 7.39. The molecule has 0 saturated carbocycles. The molecule has 3 aromatic rings. The van der Waals surface area contributed by atoms with Crippen LogP contribution in [-0.2, 0) is 14.3 Å². The van der Waals surface area contributed by atoms with E-state index in [0.717, 1.165) is 41.2 Å². The van der Waals surface area contributed by atoms with Gasteiger partial charge in [-0.05, 0) is 80.2 Å². The van der Waals surface area contributed by atoms with Crippen molar-refractivity contribution < 1.29 is 19.1 Å². The van der Waals surface area contributed by atoms with Gasteiger partial charge in [-0.25, -0.2) is 4.68 Å². The summed E-state index contributed by atoms with van der Waals surface area (Å²) in [4.78, 5) is 28.0. The van der Waals surface area contributed by atoms with E-state index in [-0.39, 0.29) is 18.2 Å². The van der Waals surface area contributed by atoms with Crippen molar-refractivity contribution in [2.45, 2.75) is 46.1 Å². The van der Waals surface area contributed by atoms with Crippen LogP contribution in [0.15, 0.2) is 77.5 Å². The number of carbonyl (C=O) groups excluding carboxylic acids is 2. The van der Waals surface area contributed by atoms with Crippen molar-refractivity contribution in [2.75, 3.05) is 19.8 Å². The first-order valence-corrected chi connectivity index (χ1v) is 14.0. The second-order valence-corrected chi connectivity index (χ2v) is 10.8. The minimum Gasteiger partial charge on any atom is -0.494 e. The van der Waals surface area contributed by atoms with Crippen LogP contribution in [-0.4, -0.2) is 52.4 Å². The summed E-state index contributed by atoms with van der Waals surface area (Å²) in [7, 11) is 0. The van der Waals surface area contributed by atoms with Crippen LogP contribution in [0.1, 0.15) is 45.6 Å². The Labute approximate surface area is 240 Å². The zero-order valence-electron chi connectivity index (χ0n) is 23.7. The Morgan fingerprint density at radius 2 is 1.88 bits per heavy atom. The number of para-hydroxylation sites is 1. The topological polar surface area (TPSA) is 97.5 Å². The third-order valence-electron chi connectivity index (χ3n) is 7.39. The molecule has 1 unspecified atom stereocenters. The molecule has 1 atom stereocenters. The van der Waals surface area contributed by atoms with E-state index in [1.165, 1.54) is 0 Å². The maximum atomic E-state index is 13.7. The number of ether oxygens (including phenoxy) is 2. The maximum absolute atomic E-state index is 13.7. The van der Waals surface area contributed by atoms with Gasteiger partial charge in [0.25, 0.3) is 11.8 Å². The average molecular weight is 551 g/mol. The van der Waals surface area contributed by atoms with Crippen molar-refractivity contribution >= 4 is 17.9 Å². The second-order valence-electron chi connectivity index (χ2n) is 10.8. The average Bonchev–Trinajstić information content (AvgIpc) is 3.65. The van der Waals surface area contributed by atoms with Gasteiger partial charge in [-0.2, -0.15) is 10.4 Å². The number of carbonyl (C=O) groups is 2. The van der Waals surface area contributed by atoms with Crippen molar-refractivity contribution in [1.29, 1.82) is 5.26 Å². The minimum absolute atomic E-state index is 0.0336. The van der Waals surface area contributed by atoms with Crippen molar-refractivity contribution in [3.05, 3.63) is 83.1 Å². The predicted molar refractivity (Wildman–Crippen MR) is 156 cm³/mol. The van der Waals surface area contributed by atoms with Crippen molar-refractivity contribution in [3.63, 3.8) is 0 Å². The molecule has 2 aliphatic heterocycles. The molecule has 210 valence electrons. The molecular weight excluding hydrogens is 516 g/mol. The van der Waals surface area contributed by atoms with Crippen molar-refractivity contribution in [3.8, 4) is 28.8 Å². The highest BCUT2D eigenvalue weighted by molar-refractivity contribution is 6.19. The largest absolute Gasteiger partial charge is 0.494 e. The summed E-state index contributed by atoms with van der Waals surface area (Å²) in [6.07, 6.45) is 6.00. The molecule has 41 heavy (non-hydrogen) atoms. The zero-order chi connectivity index (χ0) is 28.9. The molecule has 5 rings (SSSR count). The summed E-state index contributed by atoms with van der Waals surface area (Å²) >= 11 is 0. The Hall–Kier alpha value is -4.48. The number of nitriles is 1. The number of hydrogen-bond acceptors (Lipinski definition) is 6. The number of imide groups is 1. The van der Waals surface area contributed by atoms with Crippen LogP contribution in [0.2, 0.25) is 0 Å². The van der Waals surface area contributed by atoms with Crippen LogP contribution in [0.3, 0.4) is 0 Å². The van der Waals surface area contributed by atoms with E-state index in [9.17, 15) is 14.9 Å². The lowest BCUT2D eigenvalue weighted by Crippen LogP contribution is -2.46. The summed E-state index contributed by atoms with van der Waals surface area (Å²) in [6.45, 7) is 7.35. The standard InChI is InChI=1S/C33H34N4O4/c1-22(2)15-17-41-27-13-11-24(12-14-27)31-25(20-37(35-31)26-8-5-4-6-9-26)18-29-23(3)30(19-34)33(39)36(32(29)38)21-28-10-7-16-40-28/h4-6,8-9,11-14,18,20,22,28H,7,10,15-17,21H2,1-3H3/b29-18+. The third kappa shape index (κ3) is 6.16. The molecule has 3 heterocycles. The van der Waals surface area contributed by atoms with Gasteiger partial charge >= 0.3 is 0 Å². The van der Waals surface area contributed by atoms with Gasteiger partial charge in [-0.15, -0.1) is 0 Å². The maximum Gasteiger partial charge on any atom is 0.271 e. The Kier molecular flexibility index (Phi) is 8.46. The van der Waals surface area contributed by atoms with Crippen molar-refractivity contribution in [2.24, 2.45) is 5.92 Å². The highest BCUT2D eigenvalue weighted by atomic mass is 16.5. The lowest BCUT2D eigenvalue weighted by atomic mass is 9.93. The molecule has 1 saturated heterocycles. The molecule has 2 aliphatic rings. The first kappa shape index (κ1) is 28.1. The minimum atomic E-state index is -0.573. The van der Waals surface area contributed by atoms with Gasteiger partial charge in [0, 0.05) is 29.5 Å². The second kappa shape index (κ2) is 12.4. The van der Waals surface area contributed by atoms with Gasteiger partial charge in [0.05, 0.1) is 30.6 Å². The number of benzene rings is 2. The first-order chi connectivity index (χ1) is 19.9. The van der Waals surface area contributed by atoms with Gasteiger partial charge in [-0.3, -0.25) is 14.5 Å². The molecule has 0 radical (unpaired) electrons. The summed E-state index contributed by atoms with van der Waals surface area (Å²) in [5, 5.41) is 14.7. The number of amides is 2. The van der Waals surface area contributed by atoms with E-state index in [0.29, 0.717) is 41.5 Å². The fourth-order valence-corrected chi connectivity index (χ4v) is 4.99. The number of nitrogens with zero attached hydrogens (tertiary/aromatic N) is 4. The van der Waals surface area contributed by atoms with Crippen LogP contribution >= 0.6 is 0 Å². The van der Waals surface area contributed by atoms with Crippen LogP contribution in [0.4, 0.5) is 0 Å². The van der Waals surface area contributed by atoms with E-state index in [1.807, 2.05) is 66.9 Å². The van der Waals surface area contributed by atoms with Crippen LogP contribution in [0.25, 0.3) is 23.0 Å². The Balaban J connectivity index is 1.55. The fourth-order valence-electron chi connectivity index (χ4n) is 4.99. The molecule has 1 fully saturated rings. The summed E-state index contributed by atoms with van der Waals surface area (Å²) in [6, 6.07) is 19.5. The van der Waals surface area contributed by atoms with E-state index < -0.39 is 11.8 Å². The van der Waals surface area contributed by atoms with Gasteiger partial charge in [0.15, 0.2) is 0 Å². The molecule has 2 aromatic carbocycles. The van der Waals surface area contributed by atoms with Crippen LogP contribution < -0.4 is 4.74 Å². The molecule has 0 bridgehead atoms. The van der Waals surface area contributed by atoms with E-state index in [1.54, 1.807) is 17.7 Å². The fraction of sp³-hybridized carbons (Fsp3) is 0.333. The van der Waals surface area contributed by atoms with Gasteiger partial charge in [-0.1, -0.05) is 32.0 Å². The SMILES string of the molecule is CC1=C(C#N)C(=O)N(CC2CCCO2)C(=O)/C1=C/c1cn(-c2ccccc2)nc1-c1ccc(OCCC(C)C)cc1. The summed E-state index contributed by atoms with van der Waals surface area (Å²) < 4.78 is 13.3. The predicted octanol–water partition coefficient (Wildman–Crippen LogP) is 5.74. The Bertz CT molecular complexity index is 1520. The highest BCUT2D eigenvalue weighted by Crippen LogP contribution is 2.32. The van der Waals surface area contributed by atoms with Crippen LogP contribution in [0, 0.1) is 17.2 Å². The van der Waals surface area contributed by atoms with Gasteiger partial charge in [0.2, 0.25) is 0 Å². The lowest BCUT2D eigenvalue weighted by molar-refractivity contribution is -0.142. The summed E-state index contributed by atoms with van der Waals surface area (Å²) in [5.41, 5.74) is 3.68. The van der Waals surface area contributed by atoms with Crippen molar-refractivity contribution in [1.82, 2.24) is 14.7 Å². The lowest BCUT2D eigenvalue weighted by Gasteiger charge is -2.29.